The minimum Gasteiger partial charge on any atom is -0.493 e. The van der Waals surface area contributed by atoms with E-state index in [1.165, 1.54) is 0 Å². The molecule has 0 saturated carbocycles. The van der Waals surface area contributed by atoms with Gasteiger partial charge in [0.05, 0.1) is 12.2 Å². The van der Waals surface area contributed by atoms with E-state index in [0.29, 0.717) is 49.3 Å². The number of carbonyl (C=O) groups is 2. The van der Waals surface area contributed by atoms with Gasteiger partial charge in [-0.05, 0) is 62.9 Å². The van der Waals surface area contributed by atoms with Crippen molar-refractivity contribution < 1.29 is 14.3 Å². The first-order valence-electron chi connectivity index (χ1n) is 14.0. The highest BCUT2D eigenvalue weighted by Gasteiger charge is 2.27. The SMILES string of the molecule is CCOc1ccccc1C(=O)N1CCCN(C(C)C)CCN(C(=O)c2cc(C(C)C)[nH]n2)Cc2ccccc21. The Labute approximate surface area is 231 Å². The van der Waals surface area contributed by atoms with Crippen LogP contribution in [-0.2, 0) is 6.54 Å². The number of nitrogens with one attached hydrogen (secondary N) is 1. The van der Waals surface area contributed by atoms with Crippen molar-refractivity contribution in [2.45, 2.75) is 59.5 Å². The van der Waals surface area contributed by atoms with E-state index in [9.17, 15) is 9.59 Å². The van der Waals surface area contributed by atoms with Gasteiger partial charge in [-0.25, -0.2) is 0 Å². The summed E-state index contributed by atoms with van der Waals surface area (Å²) in [5.74, 6) is 0.610. The average molecular weight is 532 g/mol. The molecule has 0 unspecified atom stereocenters. The third kappa shape index (κ3) is 6.68. The summed E-state index contributed by atoms with van der Waals surface area (Å²) in [5.41, 5.74) is 3.63. The number of rotatable bonds is 6. The zero-order chi connectivity index (χ0) is 27.9. The fraction of sp³-hybridized carbons (Fsp3) is 0.452. The Morgan fingerprint density at radius 1 is 0.949 bits per heavy atom. The highest BCUT2D eigenvalue weighted by Crippen LogP contribution is 2.28. The first kappa shape index (κ1) is 28.4. The van der Waals surface area contributed by atoms with Crippen molar-refractivity contribution >= 4 is 17.5 Å². The Bertz CT molecular complexity index is 1270. The average Bonchev–Trinajstić information content (AvgIpc) is 3.41. The smallest absolute Gasteiger partial charge is 0.274 e. The number of amides is 2. The molecule has 1 aromatic heterocycles. The van der Waals surface area contributed by atoms with Crippen LogP contribution in [0.25, 0.3) is 0 Å². The van der Waals surface area contributed by atoms with E-state index in [-0.39, 0.29) is 17.7 Å². The lowest BCUT2D eigenvalue weighted by atomic mass is 10.1. The second-order valence-corrected chi connectivity index (χ2v) is 10.6. The Morgan fingerprint density at radius 2 is 1.69 bits per heavy atom. The van der Waals surface area contributed by atoms with Crippen LogP contribution in [0, 0.1) is 0 Å². The molecule has 1 aliphatic rings. The normalized spacial score (nSPS) is 15.3. The van der Waals surface area contributed by atoms with Crippen LogP contribution >= 0.6 is 0 Å². The molecule has 8 nitrogen and oxygen atoms in total. The van der Waals surface area contributed by atoms with Gasteiger partial charge in [0.2, 0.25) is 0 Å². The second-order valence-electron chi connectivity index (χ2n) is 10.6. The molecule has 0 atom stereocenters. The van der Waals surface area contributed by atoms with Crippen LogP contribution in [0.4, 0.5) is 5.69 Å². The van der Waals surface area contributed by atoms with Crippen LogP contribution in [0.3, 0.4) is 0 Å². The molecule has 4 rings (SSSR count). The van der Waals surface area contributed by atoms with E-state index in [1.54, 1.807) is 0 Å². The Balaban J connectivity index is 1.73. The number of hydrogen-bond donors (Lipinski definition) is 1. The van der Waals surface area contributed by atoms with Gasteiger partial charge in [-0.1, -0.05) is 44.2 Å². The van der Waals surface area contributed by atoms with Crippen molar-refractivity contribution in [3.05, 3.63) is 77.1 Å². The maximum absolute atomic E-state index is 14.1. The topological polar surface area (TPSA) is 81.8 Å². The Hall–Kier alpha value is -3.65. The largest absolute Gasteiger partial charge is 0.493 e. The van der Waals surface area contributed by atoms with Crippen LogP contribution in [0.15, 0.2) is 54.6 Å². The summed E-state index contributed by atoms with van der Waals surface area (Å²) in [5, 5.41) is 7.35. The van der Waals surface area contributed by atoms with Crippen molar-refractivity contribution in [2.75, 3.05) is 37.7 Å². The number of benzene rings is 2. The molecule has 0 bridgehead atoms. The van der Waals surface area contributed by atoms with E-state index in [1.807, 2.05) is 71.3 Å². The van der Waals surface area contributed by atoms with E-state index >= 15 is 0 Å². The number of H-pyrrole nitrogens is 1. The summed E-state index contributed by atoms with van der Waals surface area (Å²) in [6, 6.07) is 17.5. The molecular formula is C31H41N5O3. The van der Waals surface area contributed by atoms with Gasteiger partial charge in [0.25, 0.3) is 11.8 Å². The van der Waals surface area contributed by atoms with Gasteiger partial charge in [0.15, 0.2) is 0 Å². The lowest BCUT2D eigenvalue weighted by Gasteiger charge is -2.29. The van der Waals surface area contributed by atoms with E-state index < -0.39 is 0 Å². The molecule has 208 valence electrons. The van der Waals surface area contributed by atoms with Crippen LogP contribution < -0.4 is 9.64 Å². The highest BCUT2D eigenvalue weighted by molar-refractivity contribution is 6.08. The van der Waals surface area contributed by atoms with E-state index in [0.717, 1.165) is 36.5 Å². The number of carbonyl (C=O) groups excluding carboxylic acids is 2. The molecule has 0 radical (unpaired) electrons. The predicted molar refractivity (Wildman–Crippen MR) is 154 cm³/mol. The maximum atomic E-state index is 14.1. The van der Waals surface area contributed by atoms with Crippen molar-refractivity contribution in [3.63, 3.8) is 0 Å². The van der Waals surface area contributed by atoms with Gasteiger partial charge < -0.3 is 14.5 Å². The highest BCUT2D eigenvalue weighted by atomic mass is 16.5. The molecule has 8 heteroatoms. The van der Waals surface area contributed by atoms with Crippen LogP contribution in [0.2, 0.25) is 0 Å². The molecule has 1 N–H and O–H groups in total. The van der Waals surface area contributed by atoms with Crippen LogP contribution in [0.1, 0.15) is 79.1 Å². The van der Waals surface area contributed by atoms with Gasteiger partial charge in [0, 0.05) is 50.1 Å². The van der Waals surface area contributed by atoms with E-state index in [2.05, 4.69) is 42.8 Å². The number of para-hydroxylation sites is 2. The molecule has 2 aromatic carbocycles. The number of hydrogen-bond acceptors (Lipinski definition) is 5. The molecule has 3 aromatic rings. The Kier molecular flexibility index (Phi) is 9.41. The number of fused-ring (bicyclic) bond motifs is 1. The number of ether oxygens (including phenoxy) is 1. The number of nitrogens with zero attached hydrogens (tertiary/aromatic N) is 4. The molecule has 0 saturated heterocycles. The standard InChI is InChI=1S/C31H41N5O3/c1-6-39-29-15-10-8-13-25(29)30(37)36-17-11-16-34(23(4)5)18-19-35(21-24-12-7-9-14-28(24)36)31(38)27-20-26(22(2)3)32-33-27/h7-10,12-15,20,22-23H,6,11,16-19,21H2,1-5H3,(H,32,33). The fourth-order valence-electron chi connectivity index (χ4n) is 4.98. The van der Waals surface area contributed by atoms with Crippen molar-refractivity contribution in [1.29, 1.82) is 0 Å². The molecule has 0 spiro atoms. The summed E-state index contributed by atoms with van der Waals surface area (Å²) >= 11 is 0. The summed E-state index contributed by atoms with van der Waals surface area (Å²) in [6.07, 6.45) is 0.806. The fourth-order valence-corrected chi connectivity index (χ4v) is 4.98. The number of anilines is 1. The molecule has 1 aliphatic heterocycles. The van der Waals surface area contributed by atoms with Crippen LogP contribution in [0.5, 0.6) is 5.75 Å². The lowest BCUT2D eigenvalue weighted by Crippen LogP contribution is -2.41. The minimum atomic E-state index is -0.115. The van der Waals surface area contributed by atoms with Crippen molar-refractivity contribution in [1.82, 2.24) is 20.0 Å². The first-order valence-corrected chi connectivity index (χ1v) is 14.0. The summed E-state index contributed by atoms with van der Waals surface area (Å²) in [4.78, 5) is 33.9. The summed E-state index contributed by atoms with van der Waals surface area (Å²) in [6.45, 7) is 13.9. The zero-order valence-corrected chi connectivity index (χ0v) is 23.8. The van der Waals surface area contributed by atoms with Crippen LogP contribution in [-0.4, -0.2) is 70.6 Å². The molecule has 2 heterocycles. The quantitative estimate of drug-likeness (QED) is 0.465. The Morgan fingerprint density at radius 3 is 2.41 bits per heavy atom. The monoisotopic (exact) mass is 531 g/mol. The molecule has 0 aliphatic carbocycles. The number of aromatic nitrogens is 2. The zero-order valence-electron chi connectivity index (χ0n) is 23.8. The van der Waals surface area contributed by atoms with Gasteiger partial charge in [-0.3, -0.25) is 19.6 Å². The molecule has 2 amide bonds. The molecular weight excluding hydrogens is 490 g/mol. The maximum Gasteiger partial charge on any atom is 0.274 e. The molecule has 39 heavy (non-hydrogen) atoms. The predicted octanol–water partition coefficient (Wildman–Crippen LogP) is 5.34. The van der Waals surface area contributed by atoms with Gasteiger partial charge in [-0.2, -0.15) is 5.10 Å². The minimum absolute atomic E-state index is 0.103. The summed E-state index contributed by atoms with van der Waals surface area (Å²) in [7, 11) is 0. The second kappa shape index (κ2) is 12.9. The van der Waals surface area contributed by atoms with Gasteiger partial charge in [-0.15, -0.1) is 0 Å². The van der Waals surface area contributed by atoms with Gasteiger partial charge >= 0.3 is 0 Å². The third-order valence-electron chi connectivity index (χ3n) is 7.25. The molecule has 0 fully saturated rings. The van der Waals surface area contributed by atoms with E-state index in [4.69, 9.17) is 4.74 Å². The first-order chi connectivity index (χ1) is 18.8. The lowest BCUT2D eigenvalue weighted by molar-refractivity contribution is 0.0706. The summed E-state index contributed by atoms with van der Waals surface area (Å²) < 4.78 is 5.80. The van der Waals surface area contributed by atoms with Gasteiger partial charge in [0.1, 0.15) is 11.4 Å². The van der Waals surface area contributed by atoms with Crippen molar-refractivity contribution in [3.8, 4) is 5.75 Å². The third-order valence-corrected chi connectivity index (χ3v) is 7.25. The number of aromatic amines is 1. The van der Waals surface area contributed by atoms with Crippen molar-refractivity contribution in [2.24, 2.45) is 0 Å².